The van der Waals surface area contributed by atoms with Crippen LogP contribution in [0.1, 0.15) is 40.0 Å². The second-order valence-corrected chi connectivity index (χ2v) is 5.62. The van der Waals surface area contributed by atoms with Crippen LogP contribution in [0.15, 0.2) is 36.7 Å². The Hall–Kier alpha value is -0.890. The zero-order valence-electron chi connectivity index (χ0n) is 12.0. The summed E-state index contributed by atoms with van der Waals surface area (Å²) in [5, 5.41) is 0. The lowest BCUT2D eigenvalue weighted by molar-refractivity contribution is 0.185. The lowest BCUT2D eigenvalue weighted by Gasteiger charge is -2.30. The molecular weight excluding hydrogens is 225 g/mol. The maximum atomic E-state index is 12.6. The Bertz CT molecular complexity index is 330. The summed E-state index contributed by atoms with van der Waals surface area (Å²) in [4.78, 5) is 2.57. The molecule has 102 valence electrons. The molecule has 0 N–H and O–H groups in total. The SMILES string of the molecule is C=C(F)/C=C\C(=C)C(C)CC1CCCN1C(C)C. The highest BCUT2D eigenvalue weighted by atomic mass is 19.1. The van der Waals surface area contributed by atoms with E-state index in [0.29, 0.717) is 18.0 Å². The van der Waals surface area contributed by atoms with Crippen LogP contribution < -0.4 is 0 Å². The van der Waals surface area contributed by atoms with Crippen molar-refractivity contribution >= 4 is 0 Å². The van der Waals surface area contributed by atoms with Gasteiger partial charge in [-0.1, -0.05) is 31.7 Å². The van der Waals surface area contributed by atoms with E-state index in [2.05, 4.69) is 38.8 Å². The van der Waals surface area contributed by atoms with Gasteiger partial charge in [-0.05, 0) is 51.6 Å². The third-order valence-corrected chi connectivity index (χ3v) is 3.82. The molecule has 2 atom stereocenters. The fraction of sp³-hybridized carbons (Fsp3) is 0.625. The first-order valence-corrected chi connectivity index (χ1v) is 6.88. The van der Waals surface area contributed by atoms with Crippen molar-refractivity contribution in [2.45, 2.75) is 52.1 Å². The van der Waals surface area contributed by atoms with Gasteiger partial charge in [0.15, 0.2) is 0 Å². The van der Waals surface area contributed by atoms with Gasteiger partial charge in [0.2, 0.25) is 0 Å². The molecule has 0 amide bonds. The maximum absolute atomic E-state index is 12.6. The third kappa shape index (κ3) is 4.41. The fourth-order valence-corrected chi connectivity index (χ4v) is 2.71. The van der Waals surface area contributed by atoms with Gasteiger partial charge in [-0.2, -0.15) is 0 Å². The smallest absolute Gasteiger partial charge is 0.116 e. The number of hydrogen-bond acceptors (Lipinski definition) is 1. The lowest BCUT2D eigenvalue weighted by Crippen LogP contribution is -2.36. The van der Waals surface area contributed by atoms with Crippen LogP contribution in [0, 0.1) is 5.92 Å². The van der Waals surface area contributed by atoms with E-state index in [1.54, 1.807) is 6.08 Å². The van der Waals surface area contributed by atoms with Crippen molar-refractivity contribution in [3.8, 4) is 0 Å². The Morgan fingerprint density at radius 3 is 2.56 bits per heavy atom. The Morgan fingerprint density at radius 1 is 1.33 bits per heavy atom. The van der Waals surface area contributed by atoms with Crippen LogP contribution in [0.3, 0.4) is 0 Å². The van der Waals surface area contributed by atoms with Gasteiger partial charge in [-0.15, -0.1) is 0 Å². The highest BCUT2D eigenvalue weighted by molar-refractivity contribution is 5.22. The molecule has 0 aromatic heterocycles. The van der Waals surface area contributed by atoms with Gasteiger partial charge < -0.3 is 0 Å². The molecule has 1 saturated heterocycles. The fourth-order valence-electron chi connectivity index (χ4n) is 2.71. The Balaban J connectivity index is 2.51. The number of nitrogens with zero attached hydrogens (tertiary/aromatic N) is 1. The second kappa shape index (κ2) is 6.89. The molecular formula is C16H26FN. The van der Waals surface area contributed by atoms with E-state index in [1.165, 1.54) is 25.5 Å². The van der Waals surface area contributed by atoms with E-state index in [-0.39, 0.29) is 0 Å². The first-order valence-electron chi connectivity index (χ1n) is 6.88. The van der Waals surface area contributed by atoms with Crippen molar-refractivity contribution in [1.29, 1.82) is 0 Å². The Morgan fingerprint density at radius 2 is 2.00 bits per heavy atom. The van der Waals surface area contributed by atoms with Crippen LogP contribution in [0.2, 0.25) is 0 Å². The summed E-state index contributed by atoms with van der Waals surface area (Å²) in [7, 11) is 0. The van der Waals surface area contributed by atoms with E-state index >= 15 is 0 Å². The van der Waals surface area contributed by atoms with E-state index in [4.69, 9.17) is 0 Å². The minimum atomic E-state index is -0.409. The molecule has 0 spiro atoms. The summed E-state index contributed by atoms with van der Waals surface area (Å²) in [6.07, 6.45) is 6.82. The highest BCUT2D eigenvalue weighted by Gasteiger charge is 2.27. The number of rotatable bonds is 6. The van der Waals surface area contributed by atoms with Gasteiger partial charge in [0.05, 0.1) is 0 Å². The predicted molar refractivity (Wildman–Crippen MR) is 77.2 cm³/mol. The van der Waals surface area contributed by atoms with E-state index in [9.17, 15) is 4.39 Å². The van der Waals surface area contributed by atoms with Gasteiger partial charge in [-0.3, -0.25) is 4.90 Å². The van der Waals surface area contributed by atoms with Gasteiger partial charge in [0, 0.05) is 12.1 Å². The third-order valence-electron chi connectivity index (χ3n) is 3.82. The summed E-state index contributed by atoms with van der Waals surface area (Å²) < 4.78 is 12.6. The molecule has 1 fully saturated rings. The highest BCUT2D eigenvalue weighted by Crippen LogP contribution is 2.28. The number of halogens is 1. The van der Waals surface area contributed by atoms with Crippen molar-refractivity contribution < 1.29 is 4.39 Å². The average molecular weight is 251 g/mol. The molecule has 1 heterocycles. The van der Waals surface area contributed by atoms with Crippen LogP contribution >= 0.6 is 0 Å². The Kier molecular flexibility index (Phi) is 5.80. The van der Waals surface area contributed by atoms with Crippen molar-refractivity contribution in [2.24, 2.45) is 5.92 Å². The maximum Gasteiger partial charge on any atom is 0.116 e. The largest absolute Gasteiger partial charge is 0.298 e. The summed E-state index contributed by atoms with van der Waals surface area (Å²) >= 11 is 0. The van der Waals surface area contributed by atoms with Crippen LogP contribution in [0.5, 0.6) is 0 Å². The monoisotopic (exact) mass is 251 g/mol. The second-order valence-electron chi connectivity index (χ2n) is 5.62. The number of allylic oxidation sites excluding steroid dienone is 4. The normalized spacial score (nSPS) is 22.8. The molecule has 0 saturated carbocycles. The summed E-state index contributed by atoms with van der Waals surface area (Å²) in [6.45, 7) is 15.1. The molecule has 1 aliphatic rings. The molecule has 2 unspecified atom stereocenters. The molecule has 0 bridgehead atoms. The van der Waals surface area contributed by atoms with Gasteiger partial charge in [0.25, 0.3) is 0 Å². The van der Waals surface area contributed by atoms with Crippen molar-refractivity contribution in [3.05, 3.63) is 36.7 Å². The quantitative estimate of drug-likeness (QED) is 0.629. The lowest BCUT2D eigenvalue weighted by atomic mass is 9.93. The van der Waals surface area contributed by atoms with Crippen molar-refractivity contribution in [2.75, 3.05) is 6.54 Å². The van der Waals surface area contributed by atoms with E-state index in [0.717, 1.165) is 12.0 Å². The molecule has 2 heteroatoms. The molecule has 1 aliphatic heterocycles. The van der Waals surface area contributed by atoms with Crippen LogP contribution in [-0.4, -0.2) is 23.5 Å². The minimum absolute atomic E-state index is 0.393. The summed E-state index contributed by atoms with van der Waals surface area (Å²) in [5.74, 6) is -0.0158. The molecule has 0 aliphatic carbocycles. The minimum Gasteiger partial charge on any atom is -0.298 e. The zero-order chi connectivity index (χ0) is 13.7. The standard InChI is InChI=1S/C16H26FN/c1-12(2)18-10-6-7-16(18)11-14(4)13(3)8-9-15(5)17/h8-9,12,14,16H,3,5-7,10-11H2,1-2,4H3/b9-8-. The van der Waals surface area contributed by atoms with E-state index in [1.807, 2.05) is 0 Å². The van der Waals surface area contributed by atoms with Crippen molar-refractivity contribution in [3.63, 3.8) is 0 Å². The van der Waals surface area contributed by atoms with Crippen LogP contribution in [-0.2, 0) is 0 Å². The summed E-state index contributed by atoms with van der Waals surface area (Å²) in [5.41, 5.74) is 0.990. The summed E-state index contributed by atoms with van der Waals surface area (Å²) in [6, 6.07) is 1.26. The van der Waals surface area contributed by atoms with Crippen molar-refractivity contribution in [1.82, 2.24) is 4.90 Å². The Labute approximate surface area is 111 Å². The topological polar surface area (TPSA) is 3.24 Å². The first kappa shape index (κ1) is 15.2. The molecule has 18 heavy (non-hydrogen) atoms. The zero-order valence-corrected chi connectivity index (χ0v) is 12.0. The van der Waals surface area contributed by atoms with Gasteiger partial charge >= 0.3 is 0 Å². The van der Waals surface area contributed by atoms with Crippen LogP contribution in [0.25, 0.3) is 0 Å². The average Bonchev–Trinajstić information content (AvgIpc) is 2.73. The molecule has 0 aromatic rings. The molecule has 1 nitrogen and oxygen atoms in total. The first-order chi connectivity index (χ1) is 8.41. The molecule has 1 rings (SSSR count). The van der Waals surface area contributed by atoms with E-state index < -0.39 is 5.83 Å². The predicted octanol–water partition coefficient (Wildman–Crippen LogP) is 4.48. The van der Waals surface area contributed by atoms with Gasteiger partial charge in [0.1, 0.15) is 5.83 Å². The number of hydrogen-bond donors (Lipinski definition) is 0. The number of likely N-dealkylation sites (tertiary alicyclic amines) is 1. The molecule has 0 radical (unpaired) electrons. The molecule has 0 aromatic carbocycles. The van der Waals surface area contributed by atoms with Crippen LogP contribution in [0.4, 0.5) is 4.39 Å². The van der Waals surface area contributed by atoms with Gasteiger partial charge in [-0.25, -0.2) is 4.39 Å².